The van der Waals surface area contributed by atoms with E-state index in [4.69, 9.17) is 4.18 Å². The van der Waals surface area contributed by atoms with Gasteiger partial charge in [-0.05, 0) is 40.5 Å². The molecule has 5 heteroatoms. The van der Waals surface area contributed by atoms with Crippen molar-refractivity contribution in [3.05, 3.63) is 0 Å². The van der Waals surface area contributed by atoms with E-state index < -0.39 is 10.1 Å². The summed E-state index contributed by atoms with van der Waals surface area (Å²) in [5.41, 5.74) is 0. The summed E-state index contributed by atoms with van der Waals surface area (Å²) >= 11 is 0. The smallest absolute Gasteiger partial charge is 0.267 e. The maximum atomic E-state index is 11.9. The summed E-state index contributed by atoms with van der Waals surface area (Å²) in [5, 5.41) is 0. The summed E-state index contributed by atoms with van der Waals surface area (Å²) < 4.78 is 30.3. The van der Waals surface area contributed by atoms with Gasteiger partial charge >= 0.3 is 0 Å². The van der Waals surface area contributed by atoms with E-state index in [0.29, 0.717) is 6.61 Å². The van der Waals surface area contributed by atoms with Gasteiger partial charge in [0.1, 0.15) is 0 Å². The fourth-order valence-corrected chi connectivity index (χ4v) is 6.70. The first-order chi connectivity index (χ1) is 19.9. The standard InChI is InChI=1S/C28H58O3S.C8H20N/c1-3-5-7-9-11-12-13-14-15-16-17-18-19-20-21-23-25-27-31-32(29,30)28-26-24-22-10-8-6-4-2;1-5-9(6-2,7-3)8-4/h3-28H2,1-2H3;5-8H2,1-4H3/q;+1. The molecule has 0 aromatic heterocycles. The van der Waals surface area contributed by atoms with Gasteiger partial charge in [-0.1, -0.05) is 155 Å². The number of quaternary nitrogens is 1. The van der Waals surface area contributed by atoms with Gasteiger partial charge in [-0.25, -0.2) is 0 Å². The molecule has 0 aromatic rings. The van der Waals surface area contributed by atoms with Crippen molar-refractivity contribution in [2.24, 2.45) is 0 Å². The fourth-order valence-electron chi connectivity index (χ4n) is 5.65. The summed E-state index contributed by atoms with van der Waals surface area (Å²) in [7, 11) is -3.30. The monoisotopic (exact) mass is 605 g/mol. The molecule has 0 aliphatic rings. The van der Waals surface area contributed by atoms with Crippen LogP contribution in [0.1, 0.15) is 196 Å². The van der Waals surface area contributed by atoms with Crippen molar-refractivity contribution in [3.63, 3.8) is 0 Å². The molecule has 0 radical (unpaired) electrons. The van der Waals surface area contributed by atoms with Gasteiger partial charge < -0.3 is 4.48 Å². The summed E-state index contributed by atoms with van der Waals surface area (Å²) in [6.07, 6.45) is 30.7. The lowest BCUT2D eigenvalue weighted by molar-refractivity contribution is -0.921. The normalized spacial score (nSPS) is 12.0. The molecule has 0 atom stereocenters. The van der Waals surface area contributed by atoms with Gasteiger partial charge in [0.2, 0.25) is 0 Å². The Morgan fingerprint density at radius 3 is 0.927 bits per heavy atom. The predicted molar refractivity (Wildman–Crippen MR) is 184 cm³/mol. The molecular weight excluding hydrogens is 526 g/mol. The van der Waals surface area contributed by atoms with Crippen LogP contribution in [-0.4, -0.2) is 51.4 Å². The molecule has 0 unspecified atom stereocenters. The van der Waals surface area contributed by atoms with Crippen molar-refractivity contribution in [3.8, 4) is 0 Å². The van der Waals surface area contributed by atoms with Gasteiger partial charge in [0.15, 0.2) is 0 Å². The molecule has 4 nitrogen and oxygen atoms in total. The molecule has 0 aromatic carbocycles. The third-order valence-corrected chi connectivity index (χ3v) is 10.5. The van der Waals surface area contributed by atoms with Crippen LogP contribution in [0.3, 0.4) is 0 Å². The minimum Gasteiger partial charge on any atom is -0.325 e. The maximum Gasteiger partial charge on any atom is 0.267 e. The molecule has 0 saturated heterocycles. The number of hydrogen-bond donors (Lipinski definition) is 0. The van der Waals surface area contributed by atoms with Crippen molar-refractivity contribution in [2.45, 2.75) is 196 Å². The van der Waals surface area contributed by atoms with Gasteiger partial charge in [-0.3, -0.25) is 4.18 Å². The van der Waals surface area contributed by atoms with Crippen LogP contribution in [0.4, 0.5) is 0 Å². The minimum atomic E-state index is -3.30. The first-order valence-corrected chi connectivity index (χ1v) is 20.2. The van der Waals surface area contributed by atoms with E-state index in [1.54, 1.807) is 0 Å². The summed E-state index contributed by atoms with van der Waals surface area (Å²) in [6, 6.07) is 0. The van der Waals surface area contributed by atoms with Crippen LogP contribution < -0.4 is 0 Å². The van der Waals surface area contributed by atoms with E-state index in [1.807, 2.05) is 0 Å². The number of unbranched alkanes of at least 4 members (excludes halogenated alkanes) is 22. The third-order valence-electron chi connectivity index (χ3n) is 9.19. The highest BCUT2D eigenvalue weighted by Gasteiger charge is 2.16. The molecule has 0 rings (SSSR count). The van der Waals surface area contributed by atoms with Crippen molar-refractivity contribution < 1.29 is 17.1 Å². The van der Waals surface area contributed by atoms with Crippen LogP contribution in [0.5, 0.6) is 0 Å². The lowest BCUT2D eigenvalue weighted by atomic mass is 10.0. The molecule has 0 amide bonds. The zero-order valence-corrected chi connectivity index (χ0v) is 30.1. The topological polar surface area (TPSA) is 43.4 Å². The van der Waals surface area contributed by atoms with Crippen LogP contribution in [0.25, 0.3) is 0 Å². The largest absolute Gasteiger partial charge is 0.325 e. The Labute approximate surface area is 260 Å². The van der Waals surface area contributed by atoms with Crippen molar-refractivity contribution in [1.82, 2.24) is 0 Å². The highest BCUT2D eigenvalue weighted by molar-refractivity contribution is 7.86. The van der Waals surface area contributed by atoms with Crippen LogP contribution in [0.15, 0.2) is 0 Å². The average Bonchev–Trinajstić information content (AvgIpc) is 2.98. The highest BCUT2D eigenvalue weighted by Crippen LogP contribution is 2.14. The van der Waals surface area contributed by atoms with Crippen molar-refractivity contribution >= 4 is 10.1 Å². The van der Waals surface area contributed by atoms with Gasteiger partial charge in [0.25, 0.3) is 10.1 Å². The van der Waals surface area contributed by atoms with Crippen LogP contribution in [0.2, 0.25) is 0 Å². The average molecular weight is 605 g/mol. The van der Waals surface area contributed by atoms with E-state index in [1.165, 1.54) is 153 Å². The van der Waals surface area contributed by atoms with E-state index >= 15 is 0 Å². The van der Waals surface area contributed by atoms with Crippen molar-refractivity contribution in [2.75, 3.05) is 38.5 Å². The zero-order chi connectivity index (χ0) is 30.9. The van der Waals surface area contributed by atoms with E-state index in [-0.39, 0.29) is 5.75 Å². The fraction of sp³-hybridized carbons (Fsp3) is 1.00. The Hall–Kier alpha value is -0.130. The lowest BCUT2D eigenvalue weighted by Crippen LogP contribution is -2.47. The molecule has 0 aliphatic heterocycles. The second kappa shape index (κ2) is 32.8. The first kappa shape index (κ1) is 43.0. The number of rotatable bonds is 31. The van der Waals surface area contributed by atoms with Gasteiger partial charge in [0, 0.05) is 0 Å². The molecule has 0 aliphatic carbocycles. The Balaban J connectivity index is 0. The molecular formula is C36H78NO3S+. The summed E-state index contributed by atoms with van der Waals surface area (Å²) in [6.45, 7) is 19.1. The zero-order valence-electron chi connectivity index (χ0n) is 29.3. The molecule has 0 N–H and O–H groups in total. The van der Waals surface area contributed by atoms with Gasteiger partial charge in [-0.15, -0.1) is 0 Å². The molecule has 0 heterocycles. The third kappa shape index (κ3) is 31.1. The van der Waals surface area contributed by atoms with E-state index in [9.17, 15) is 8.42 Å². The second-order valence-corrected chi connectivity index (χ2v) is 14.2. The Morgan fingerprint density at radius 1 is 0.390 bits per heavy atom. The molecule has 0 fully saturated rings. The predicted octanol–water partition coefficient (Wildman–Crippen LogP) is 11.6. The Kier molecular flexibility index (Phi) is 34.4. The van der Waals surface area contributed by atoms with Crippen LogP contribution in [-0.2, 0) is 14.3 Å². The van der Waals surface area contributed by atoms with Gasteiger partial charge in [0.05, 0.1) is 38.5 Å². The van der Waals surface area contributed by atoms with E-state index in [2.05, 4.69) is 41.5 Å². The molecule has 0 bridgehead atoms. The minimum absolute atomic E-state index is 0.194. The summed E-state index contributed by atoms with van der Waals surface area (Å²) in [5.74, 6) is 0.194. The molecule has 0 saturated carbocycles. The highest BCUT2D eigenvalue weighted by atomic mass is 32.2. The number of nitrogens with zero attached hydrogens (tertiary/aromatic N) is 1. The van der Waals surface area contributed by atoms with Crippen LogP contribution in [0, 0.1) is 0 Å². The van der Waals surface area contributed by atoms with E-state index in [0.717, 1.165) is 32.1 Å². The van der Waals surface area contributed by atoms with Crippen LogP contribution >= 0.6 is 0 Å². The molecule has 250 valence electrons. The molecule has 0 spiro atoms. The SMILES string of the molecule is CCCCCCCCCCCCCCCCCCCOS(=O)(=O)CCCCCCCCC.CC[N+](CC)(CC)CC. The quantitative estimate of drug-likeness (QED) is 0.0449. The van der Waals surface area contributed by atoms with Gasteiger partial charge in [-0.2, -0.15) is 8.42 Å². The lowest BCUT2D eigenvalue weighted by Gasteiger charge is -2.34. The maximum absolute atomic E-state index is 11.9. The molecule has 41 heavy (non-hydrogen) atoms. The Morgan fingerprint density at radius 2 is 0.659 bits per heavy atom. The Bertz CT molecular complexity index is 572. The van der Waals surface area contributed by atoms with Crippen molar-refractivity contribution in [1.29, 1.82) is 0 Å². The second-order valence-electron chi connectivity index (χ2n) is 12.5. The number of hydrogen-bond acceptors (Lipinski definition) is 3. The first-order valence-electron chi connectivity index (χ1n) is 18.6. The summed E-state index contributed by atoms with van der Waals surface area (Å²) in [4.78, 5) is 0.